The monoisotopic (exact) mass is 297 g/mol. The van der Waals surface area contributed by atoms with Gasteiger partial charge in [0.2, 0.25) is 0 Å². The summed E-state index contributed by atoms with van der Waals surface area (Å²) in [6.07, 6.45) is 1.41. The van der Waals surface area contributed by atoms with Gasteiger partial charge < -0.3 is 10.0 Å². The average Bonchev–Trinajstić information content (AvgIpc) is 2.30. The van der Waals surface area contributed by atoms with Crippen LogP contribution in [0.25, 0.3) is 0 Å². The number of carboxylic acids is 1. The van der Waals surface area contributed by atoms with Crippen molar-refractivity contribution in [2.24, 2.45) is 5.41 Å². The molecule has 0 radical (unpaired) electrons. The number of hydrogen-bond donors (Lipinski definition) is 1. The Morgan fingerprint density at radius 2 is 2.06 bits per heavy atom. The van der Waals surface area contributed by atoms with Crippen molar-refractivity contribution in [3.8, 4) is 0 Å². The van der Waals surface area contributed by atoms with Crippen LogP contribution in [-0.2, 0) is 4.79 Å². The maximum atomic E-state index is 11.1. The van der Waals surface area contributed by atoms with Crippen LogP contribution in [0, 0.1) is 5.41 Å². The van der Waals surface area contributed by atoms with E-state index in [1.54, 1.807) is 0 Å². The van der Waals surface area contributed by atoms with E-state index in [0.717, 1.165) is 23.2 Å². The fourth-order valence-corrected chi connectivity index (χ4v) is 2.53. The number of hydrogen-bond acceptors (Lipinski definition) is 2. The number of carbonyl (C=O) groups is 1. The Morgan fingerprint density at radius 3 is 2.59 bits per heavy atom. The van der Waals surface area contributed by atoms with E-state index in [1.807, 2.05) is 19.1 Å². The molecule has 0 amide bonds. The Bertz CT molecular complexity index is 425. The van der Waals surface area contributed by atoms with Gasteiger partial charge >= 0.3 is 5.97 Å². The molecule has 0 spiro atoms. The number of aliphatic carboxylic acids is 1. The molecule has 0 aromatic heterocycles. The third-order valence-electron chi connectivity index (χ3n) is 3.56. The predicted molar refractivity (Wildman–Crippen MR) is 71.3 cm³/mol. The molecule has 0 aliphatic carbocycles. The van der Waals surface area contributed by atoms with Crippen LogP contribution >= 0.6 is 15.9 Å². The third kappa shape index (κ3) is 2.63. The smallest absolute Gasteiger partial charge is 0.309 e. The predicted octanol–water partition coefficient (Wildman–Crippen LogP) is 3.14. The minimum Gasteiger partial charge on any atom is -0.481 e. The lowest BCUT2D eigenvalue weighted by Gasteiger charge is -2.37. The summed E-state index contributed by atoms with van der Waals surface area (Å²) in [6, 6.07) is 8.14. The first-order valence-electron chi connectivity index (χ1n) is 5.75. The van der Waals surface area contributed by atoms with E-state index in [1.165, 1.54) is 0 Å². The fourth-order valence-electron chi connectivity index (χ4n) is 2.15. The molecule has 0 atom stereocenters. The number of anilines is 1. The third-order valence-corrected chi connectivity index (χ3v) is 4.05. The zero-order valence-corrected chi connectivity index (χ0v) is 11.4. The molecule has 1 aliphatic rings. The molecule has 2 rings (SSSR count). The topological polar surface area (TPSA) is 40.5 Å². The van der Waals surface area contributed by atoms with Gasteiger partial charge in [-0.05, 0) is 38.0 Å². The Balaban J connectivity index is 2.07. The highest BCUT2D eigenvalue weighted by atomic mass is 79.9. The summed E-state index contributed by atoms with van der Waals surface area (Å²) in [5, 5.41) is 9.17. The van der Waals surface area contributed by atoms with Crippen LogP contribution in [0.5, 0.6) is 0 Å². The van der Waals surface area contributed by atoms with Gasteiger partial charge in [0.05, 0.1) is 5.41 Å². The number of rotatable bonds is 2. The Hall–Kier alpha value is -1.03. The fraction of sp³-hybridized carbons (Fsp3) is 0.462. The standard InChI is InChI=1S/C13H16BrNO2/c1-13(12(16)17)5-7-15(8-6-13)11-4-2-3-10(14)9-11/h2-4,9H,5-8H2,1H3,(H,16,17). The number of carboxylic acid groups (broad SMARTS) is 1. The van der Waals surface area contributed by atoms with E-state index in [0.29, 0.717) is 12.8 Å². The second-order valence-corrected chi connectivity index (χ2v) is 5.75. The first-order chi connectivity index (χ1) is 8.01. The highest BCUT2D eigenvalue weighted by Crippen LogP contribution is 2.33. The molecule has 1 heterocycles. The van der Waals surface area contributed by atoms with E-state index in [2.05, 4.69) is 33.0 Å². The lowest BCUT2D eigenvalue weighted by molar-refractivity contribution is -0.149. The van der Waals surface area contributed by atoms with Crippen LogP contribution in [0.15, 0.2) is 28.7 Å². The SMILES string of the molecule is CC1(C(=O)O)CCN(c2cccc(Br)c2)CC1. The zero-order chi connectivity index (χ0) is 12.5. The summed E-state index contributed by atoms with van der Waals surface area (Å²) in [5.74, 6) is -0.675. The van der Waals surface area contributed by atoms with Gasteiger partial charge in [0.15, 0.2) is 0 Å². The molecule has 1 aromatic rings. The van der Waals surface area contributed by atoms with Crippen LogP contribution in [0.1, 0.15) is 19.8 Å². The Kier molecular flexibility index (Phi) is 3.43. The molecule has 0 saturated carbocycles. The van der Waals surface area contributed by atoms with Crippen LogP contribution in [0.4, 0.5) is 5.69 Å². The van der Waals surface area contributed by atoms with E-state index >= 15 is 0 Å². The van der Waals surface area contributed by atoms with Crippen molar-refractivity contribution < 1.29 is 9.90 Å². The minimum absolute atomic E-state index is 0.553. The van der Waals surface area contributed by atoms with E-state index in [9.17, 15) is 9.90 Å². The largest absolute Gasteiger partial charge is 0.481 e. The molecule has 4 heteroatoms. The summed E-state index contributed by atoms with van der Waals surface area (Å²) in [4.78, 5) is 13.4. The van der Waals surface area contributed by atoms with Crippen molar-refractivity contribution in [3.63, 3.8) is 0 Å². The highest BCUT2D eigenvalue weighted by Gasteiger charge is 2.36. The highest BCUT2D eigenvalue weighted by molar-refractivity contribution is 9.10. The molecule has 1 aromatic carbocycles. The summed E-state index contributed by atoms with van der Waals surface area (Å²) in [5.41, 5.74) is 0.606. The maximum absolute atomic E-state index is 11.1. The van der Waals surface area contributed by atoms with Crippen LogP contribution in [0.2, 0.25) is 0 Å². The first kappa shape index (κ1) is 12.4. The maximum Gasteiger partial charge on any atom is 0.309 e. The van der Waals surface area contributed by atoms with Gasteiger partial charge in [-0.3, -0.25) is 4.79 Å². The van der Waals surface area contributed by atoms with Gasteiger partial charge in [-0.2, -0.15) is 0 Å². The van der Waals surface area contributed by atoms with Crippen molar-refractivity contribution in [3.05, 3.63) is 28.7 Å². The summed E-state index contributed by atoms with van der Waals surface area (Å²) >= 11 is 3.45. The van der Waals surface area contributed by atoms with E-state index in [4.69, 9.17) is 0 Å². The van der Waals surface area contributed by atoms with Gasteiger partial charge in [0.1, 0.15) is 0 Å². The van der Waals surface area contributed by atoms with Gasteiger partial charge in [-0.15, -0.1) is 0 Å². The van der Waals surface area contributed by atoms with Crippen molar-refractivity contribution >= 4 is 27.6 Å². The average molecular weight is 298 g/mol. The van der Waals surface area contributed by atoms with Gasteiger partial charge in [-0.25, -0.2) is 0 Å². The molecule has 1 aliphatic heterocycles. The van der Waals surface area contributed by atoms with Crippen LogP contribution in [0.3, 0.4) is 0 Å². The molecular weight excluding hydrogens is 282 g/mol. The Morgan fingerprint density at radius 1 is 1.41 bits per heavy atom. The van der Waals surface area contributed by atoms with Crippen molar-refractivity contribution in [1.29, 1.82) is 0 Å². The number of halogens is 1. The van der Waals surface area contributed by atoms with Crippen molar-refractivity contribution in [2.75, 3.05) is 18.0 Å². The van der Waals surface area contributed by atoms with Gasteiger partial charge in [0.25, 0.3) is 0 Å². The minimum atomic E-state index is -0.675. The molecule has 0 bridgehead atoms. The van der Waals surface area contributed by atoms with E-state index in [-0.39, 0.29) is 0 Å². The normalized spacial score (nSPS) is 19.1. The molecule has 1 N–H and O–H groups in total. The summed E-state index contributed by atoms with van der Waals surface area (Å²) in [7, 11) is 0. The zero-order valence-electron chi connectivity index (χ0n) is 9.82. The second-order valence-electron chi connectivity index (χ2n) is 4.83. The lowest BCUT2D eigenvalue weighted by atomic mass is 9.80. The first-order valence-corrected chi connectivity index (χ1v) is 6.54. The second kappa shape index (κ2) is 4.69. The van der Waals surface area contributed by atoms with Crippen molar-refractivity contribution in [2.45, 2.75) is 19.8 Å². The van der Waals surface area contributed by atoms with Gasteiger partial charge in [0, 0.05) is 23.2 Å². The van der Waals surface area contributed by atoms with Gasteiger partial charge in [-0.1, -0.05) is 22.0 Å². The Labute approximate surface area is 110 Å². The molecule has 1 saturated heterocycles. The summed E-state index contributed by atoms with van der Waals surface area (Å²) in [6.45, 7) is 3.45. The molecule has 92 valence electrons. The quantitative estimate of drug-likeness (QED) is 0.912. The number of nitrogens with zero attached hydrogens (tertiary/aromatic N) is 1. The van der Waals surface area contributed by atoms with E-state index < -0.39 is 11.4 Å². The summed E-state index contributed by atoms with van der Waals surface area (Å²) < 4.78 is 1.06. The number of benzene rings is 1. The molecule has 0 unspecified atom stereocenters. The lowest BCUT2D eigenvalue weighted by Crippen LogP contribution is -2.42. The molecule has 3 nitrogen and oxygen atoms in total. The van der Waals surface area contributed by atoms with Crippen LogP contribution in [-0.4, -0.2) is 24.2 Å². The van der Waals surface area contributed by atoms with Crippen molar-refractivity contribution in [1.82, 2.24) is 0 Å². The van der Waals surface area contributed by atoms with Crippen LogP contribution < -0.4 is 4.90 Å². The molecule has 1 fully saturated rings. The molecular formula is C13H16BrNO2. The molecule has 17 heavy (non-hydrogen) atoms. The number of piperidine rings is 1.